The van der Waals surface area contributed by atoms with Gasteiger partial charge in [-0.3, -0.25) is 9.36 Å². The van der Waals surface area contributed by atoms with Crippen molar-refractivity contribution in [3.63, 3.8) is 0 Å². The molecular formula is C13H11ClFN3O2S. The van der Waals surface area contributed by atoms with Crippen LogP contribution < -0.4 is 0 Å². The van der Waals surface area contributed by atoms with Gasteiger partial charge in [-0.1, -0.05) is 29.4 Å². The van der Waals surface area contributed by atoms with Gasteiger partial charge in [-0.05, 0) is 25.0 Å². The topological polar surface area (TPSA) is 68.0 Å². The zero-order valence-corrected chi connectivity index (χ0v) is 12.4. The monoisotopic (exact) mass is 327 g/mol. The Kier molecular flexibility index (Phi) is 3.86. The number of halogens is 2. The summed E-state index contributed by atoms with van der Waals surface area (Å²) in [6.07, 6.45) is 1.95. The highest BCUT2D eigenvalue weighted by Gasteiger charge is 2.32. The minimum atomic E-state index is -0.964. The second kappa shape index (κ2) is 5.65. The van der Waals surface area contributed by atoms with Crippen molar-refractivity contribution < 1.29 is 14.3 Å². The fourth-order valence-corrected chi connectivity index (χ4v) is 2.84. The molecule has 1 fully saturated rings. The van der Waals surface area contributed by atoms with E-state index in [1.807, 2.05) is 0 Å². The van der Waals surface area contributed by atoms with E-state index >= 15 is 0 Å². The van der Waals surface area contributed by atoms with Gasteiger partial charge in [0, 0.05) is 5.92 Å². The van der Waals surface area contributed by atoms with Crippen LogP contribution in [-0.2, 0) is 4.79 Å². The van der Waals surface area contributed by atoms with Crippen molar-refractivity contribution in [1.29, 1.82) is 0 Å². The van der Waals surface area contributed by atoms with Crippen molar-refractivity contribution in [3.8, 4) is 5.69 Å². The van der Waals surface area contributed by atoms with E-state index in [0.29, 0.717) is 11.0 Å². The Morgan fingerprint density at radius 2 is 2.24 bits per heavy atom. The number of nitrogens with zero attached hydrogens (tertiary/aromatic N) is 3. The van der Waals surface area contributed by atoms with E-state index in [0.717, 1.165) is 24.6 Å². The van der Waals surface area contributed by atoms with Crippen molar-refractivity contribution >= 4 is 29.3 Å². The molecule has 5 nitrogen and oxygen atoms in total. The van der Waals surface area contributed by atoms with Crippen LogP contribution in [0.2, 0.25) is 5.02 Å². The number of rotatable bonds is 5. The normalized spacial score (nSPS) is 14.4. The Bertz CT molecular complexity index is 703. The van der Waals surface area contributed by atoms with E-state index in [4.69, 9.17) is 16.7 Å². The number of benzene rings is 1. The van der Waals surface area contributed by atoms with Crippen molar-refractivity contribution in [2.45, 2.75) is 23.9 Å². The van der Waals surface area contributed by atoms with E-state index in [2.05, 4.69) is 10.2 Å². The Hall–Kier alpha value is -1.60. The van der Waals surface area contributed by atoms with Gasteiger partial charge in [0.05, 0.1) is 16.5 Å². The number of hydrogen-bond donors (Lipinski definition) is 1. The lowest BCUT2D eigenvalue weighted by Gasteiger charge is -2.11. The third-order valence-corrected chi connectivity index (χ3v) is 4.30. The van der Waals surface area contributed by atoms with Crippen LogP contribution in [0.15, 0.2) is 23.4 Å². The molecule has 1 saturated carbocycles. The summed E-state index contributed by atoms with van der Waals surface area (Å²) in [5, 5.41) is 17.3. The maximum Gasteiger partial charge on any atom is 0.313 e. The molecule has 110 valence electrons. The van der Waals surface area contributed by atoms with E-state index in [9.17, 15) is 9.18 Å². The highest BCUT2D eigenvalue weighted by atomic mass is 35.5. The molecule has 2 aromatic rings. The van der Waals surface area contributed by atoms with Gasteiger partial charge in [0.25, 0.3) is 0 Å². The predicted octanol–water partition coefficient (Wildman–Crippen LogP) is 3.11. The zero-order chi connectivity index (χ0) is 15.0. The second-order valence-corrected chi connectivity index (χ2v) is 6.06. The average Bonchev–Trinajstić information content (AvgIpc) is 3.20. The fourth-order valence-electron chi connectivity index (χ4n) is 2.00. The zero-order valence-electron chi connectivity index (χ0n) is 10.8. The molecule has 0 spiro atoms. The first-order valence-electron chi connectivity index (χ1n) is 6.32. The van der Waals surface area contributed by atoms with Gasteiger partial charge >= 0.3 is 5.97 Å². The van der Waals surface area contributed by atoms with Crippen molar-refractivity contribution in [2.75, 3.05) is 5.75 Å². The number of carboxylic acids is 1. The van der Waals surface area contributed by atoms with Crippen LogP contribution >= 0.6 is 23.4 Å². The number of aliphatic carboxylic acids is 1. The molecule has 0 bridgehead atoms. The number of thioether (sulfide) groups is 1. The largest absolute Gasteiger partial charge is 0.481 e. The summed E-state index contributed by atoms with van der Waals surface area (Å²) in [6.45, 7) is 0. The number of carbonyl (C=O) groups is 1. The maximum absolute atomic E-state index is 14.3. The summed E-state index contributed by atoms with van der Waals surface area (Å²) < 4.78 is 15.8. The summed E-state index contributed by atoms with van der Waals surface area (Å²) in [6, 6.07) is 4.69. The molecule has 0 atom stereocenters. The third-order valence-electron chi connectivity index (χ3n) is 3.10. The lowest BCUT2D eigenvalue weighted by Crippen LogP contribution is -2.06. The SMILES string of the molecule is O=C(O)CSc1nnc(C2CC2)n1-c1cccc(Cl)c1F. The lowest BCUT2D eigenvalue weighted by molar-refractivity contribution is -0.133. The number of carboxylic acid groups (broad SMARTS) is 1. The molecule has 0 aliphatic heterocycles. The van der Waals surface area contributed by atoms with Gasteiger partial charge in [0.15, 0.2) is 11.0 Å². The molecular weight excluding hydrogens is 317 g/mol. The average molecular weight is 328 g/mol. The molecule has 1 aliphatic rings. The van der Waals surface area contributed by atoms with E-state index < -0.39 is 11.8 Å². The molecule has 1 aromatic heterocycles. The van der Waals surface area contributed by atoms with Crippen LogP contribution in [0.25, 0.3) is 5.69 Å². The molecule has 1 N–H and O–H groups in total. The van der Waals surface area contributed by atoms with Gasteiger partial charge < -0.3 is 5.11 Å². The summed E-state index contributed by atoms with van der Waals surface area (Å²) in [5.41, 5.74) is 0.252. The van der Waals surface area contributed by atoms with Crippen LogP contribution in [0.4, 0.5) is 4.39 Å². The molecule has 0 unspecified atom stereocenters. The molecule has 1 aromatic carbocycles. The summed E-state index contributed by atoms with van der Waals surface area (Å²) in [4.78, 5) is 10.7. The summed E-state index contributed by atoms with van der Waals surface area (Å²) in [5.74, 6) is -0.781. The quantitative estimate of drug-likeness (QED) is 0.855. The van der Waals surface area contributed by atoms with E-state index in [-0.39, 0.29) is 22.4 Å². The predicted molar refractivity (Wildman–Crippen MR) is 76.7 cm³/mol. The van der Waals surface area contributed by atoms with E-state index in [1.54, 1.807) is 16.7 Å². The Balaban J connectivity index is 2.07. The second-order valence-electron chi connectivity index (χ2n) is 4.71. The van der Waals surface area contributed by atoms with Crippen LogP contribution in [0.1, 0.15) is 24.6 Å². The molecule has 8 heteroatoms. The molecule has 1 aliphatic carbocycles. The van der Waals surface area contributed by atoms with Crippen LogP contribution in [0, 0.1) is 5.82 Å². The first kappa shape index (κ1) is 14.3. The lowest BCUT2D eigenvalue weighted by atomic mass is 10.3. The first-order chi connectivity index (χ1) is 10.1. The molecule has 21 heavy (non-hydrogen) atoms. The minimum Gasteiger partial charge on any atom is -0.481 e. The molecule has 0 amide bonds. The standard InChI is InChI=1S/C13H11ClFN3O2S/c14-8-2-1-3-9(11(8)15)18-12(7-4-5-7)16-17-13(18)21-6-10(19)20/h1-3,7H,4-6H2,(H,19,20). The Morgan fingerprint density at radius 3 is 2.90 bits per heavy atom. The van der Waals surface area contributed by atoms with Gasteiger partial charge in [0.1, 0.15) is 5.82 Å². The first-order valence-corrected chi connectivity index (χ1v) is 7.68. The minimum absolute atomic E-state index is 0.0112. The van der Waals surface area contributed by atoms with Gasteiger partial charge in [-0.25, -0.2) is 4.39 Å². The molecule has 0 radical (unpaired) electrons. The van der Waals surface area contributed by atoms with Crippen LogP contribution in [0.3, 0.4) is 0 Å². The number of aromatic nitrogens is 3. The Labute approximate surface area is 129 Å². The smallest absolute Gasteiger partial charge is 0.313 e. The van der Waals surface area contributed by atoms with E-state index in [1.165, 1.54) is 6.07 Å². The van der Waals surface area contributed by atoms with Crippen LogP contribution in [0.5, 0.6) is 0 Å². The van der Waals surface area contributed by atoms with Crippen molar-refractivity contribution in [3.05, 3.63) is 34.9 Å². The van der Waals surface area contributed by atoms with Crippen molar-refractivity contribution in [1.82, 2.24) is 14.8 Å². The number of hydrogen-bond acceptors (Lipinski definition) is 4. The summed E-state index contributed by atoms with van der Waals surface area (Å²) in [7, 11) is 0. The van der Waals surface area contributed by atoms with Crippen LogP contribution in [-0.4, -0.2) is 31.6 Å². The molecule has 3 rings (SSSR count). The maximum atomic E-state index is 14.3. The highest BCUT2D eigenvalue weighted by molar-refractivity contribution is 7.99. The fraction of sp³-hybridized carbons (Fsp3) is 0.308. The third kappa shape index (κ3) is 2.89. The molecule has 1 heterocycles. The van der Waals surface area contributed by atoms with Gasteiger partial charge in [-0.2, -0.15) is 0 Å². The van der Waals surface area contributed by atoms with Crippen molar-refractivity contribution in [2.24, 2.45) is 0 Å². The highest BCUT2D eigenvalue weighted by Crippen LogP contribution is 2.41. The van der Waals surface area contributed by atoms with Gasteiger partial charge in [-0.15, -0.1) is 10.2 Å². The summed E-state index contributed by atoms with van der Waals surface area (Å²) >= 11 is 6.84. The Morgan fingerprint density at radius 1 is 1.48 bits per heavy atom. The van der Waals surface area contributed by atoms with Gasteiger partial charge in [0.2, 0.25) is 0 Å². The molecule has 0 saturated heterocycles.